The molecule has 1 aromatic heterocycles. The van der Waals surface area contributed by atoms with E-state index < -0.39 is 6.10 Å². The zero-order valence-corrected chi connectivity index (χ0v) is 9.21. The van der Waals surface area contributed by atoms with Gasteiger partial charge in [-0.3, -0.25) is 0 Å². The van der Waals surface area contributed by atoms with E-state index >= 15 is 0 Å². The van der Waals surface area contributed by atoms with Gasteiger partial charge in [0.2, 0.25) is 0 Å². The van der Waals surface area contributed by atoms with Crippen molar-refractivity contribution in [1.82, 2.24) is 10.2 Å². The van der Waals surface area contributed by atoms with E-state index in [9.17, 15) is 5.11 Å². The summed E-state index contributed by atoms with van der Waals surface area (Å²) in [6.45, 7) is 0.728. The van der Waals surface area contributed by atoms with Gasteiger partial charge in [-0.1, -0.05) is 6.07 Å². The molecular formula is C13H12N2O2. The highest BCUT2D eigenvalue weighted by atomic mass is 16.5. The predicted octanol–water partition coefficient (Wildman–Crippen LogP) is 1.49. The van der Waals surface area contributed by atoms with Crippen LogP contribution in [0.25, 0.3) is 0 Å². The minimum Gasteiger partial charge on any atom is -0.493 e. The van der Waals surface area contributed by atoms with E-state index in [0.29, 0.717) is 0 Å². The Morgan fingerprint density at radius 2 is 2.12 bits per heavy atom. The molecule has 3 rings (SSSR count). The first-order valence-electron chi connectivity index (χ1n) is 5.55. The number of rotatable bonds is 2. The van der Waals surface area contributed by atoms with E-state index in [2.05, 4.69) is 10.2 Å². The largest absolute Gasteiger partial charge is 0.493 e. The zero-order chi connectivity index (χ0) is 11.7. The molecule has 1 aliphatic rings. The number of aliphatic hydroxyl groups excluding tert-OH is 1. The first-order valence-corrected chi connectivity index (χ1v) is 5.55. The lowest BCUT2D eigenvalue weighted by Crippen LogP contribution is -2.01. The summed E-state index contributed by atoms with van der Waals surface area (Å²) in [5, 5.41) is 17.7. The molecule has 2 heterocycles. The molecule has 1 aromatic carbocycles. The summed E-state index contributed by atoms with van der Waals surface area (Å²) in [6, 6.07) is 7.56. The van der Waals surface area contributed by atoms with Gasteiger partial charge in [-0.05, 0) is 29.3 Å². The number of ether oxygens (including phenoxy) is 1. The molecule has 86 valence electrons. The first-order chi connectivity index (χ1) is 8.34. The van der Waals surface area contributed by atoms with Crippen LogP contribution in [-0.4, -0.2) is 21.9 Å². The Balaban J connectivity index is 1.94. The van der Waals surface area contributed by atoms with Gasteiger partial charge in [0.1, 0.15) is 11.9 Å². The topological polar surface area (TPSA) is 55.2 Å². The fourth-order valence-electron chi connectivity index (χ4n) is 2.03. The number of hydrogen-bond donors (Lipinski definition) is 1. The number of aromatic nitrogens is 2. The average molecular weight is 228 g/mol. The number of hydrogen-bond acceptors (Lipinski definition) is 4. The van der Waals surface area contributed by atoms with Crippen LogP contribution in [0.2, 0.25) is 0 Å². The quantitative estimate of drug-likeness (QED) is 0.846. The molecule has 0 aliphatic carbocycles. The molecule has 4 heteroatoms. The minimum atomic E-state index is -0.656. The first kappa shape index (κ1) is 10.2. The number of benzene rings is 1. The fourth-order valence-corrected chi connectivity index (χ4v) is 2.03. The van der Waals surface area contributed by atoms with Gasteiger partial charge in [0.25, 0.3) is 0 Å². The van der Waals surface area contributed by atoms with Crippen LogP contribution in [-0.2, 0) is 6.42 Å². The van der Waals surface area contributed by atoms with Crippen molar-refractivity contribution in [1.29, 1.82) is 0 Å². The molecule has 0 bridgehead atoms. The Labute approximate surface area is 98.9 Å². The molecule has 0 saturated heterocycles. The molecule has 0 amide bonds. The number of nitrogens with zero attached hydrogens (tertiary/aromatic N) is 2. The zero-order valence-electron chi connectivity index (χ0n) is 9.21. The Kier molecular flexibility index (Phi) is 2.49. The molecular weight excluding hydrogens is 216 g/mol. The number of fused-ring (bicyclic) bond motifs is 1. The van der Waals surface area contributed by atoms with E-state index in [1.807, 2.05) is 18.2 Å². The normalized spacial score (nSPS) is 15.1. The SMILES string of the molecule is OC(c1ccnnc1)c1ccc2c(c1)CCO2. The van der Waals surface area contributed by atoms with Crippen molar-refractivity contribution in [2.75, 3.05) is 6.61 Å². The van der Waals surface area contributed by atoms with Crippen LogP contribution in [0.3, 0.4) is 0 Å². The van der Waals surface area contributed by atoms with Crippen LogP contribution >= 0.6 is 0 Å². The van der Waals surface area contributed by atoms with Crippen molar-refractivity contribution in [2.45, 2.75) is 12.5 Å². The van der Waals surface area contributed by atoms with E-state index in [1.54, 1.807) is 18.5 Å². The smallest absolute Gasteiger partial charge is 0.122 e. The van der Waals surface area contributed by atoms with Crippen molar-refractivity contribution in [2.24, 2.45) is 0 Å². The van der Waals surface area contributed by atoms with Crippen molar-refractivity contribution in [3.63, 3.8) is 0 Å². The van der Waals surface area contributed by atoms with Gasteiger partial charge in [0, 0.05) is 18.2 Å². The van der Waals surface area contributed by atoms with Gasteiger partial charge in [-0.25, -0.2) is 0 Å². The molecule has 0 radical (unpaired) electrons. The van der Waals surface area contributed by atoms with Gasteiger partial charge >= 0.3 is 0 Å². The van der Waals surface area contributed by atoms with Gasteiger partial charge < -0.3 is 9.84 Å². The van der Waals surface area contributed by atoms with Crippen LogP contribution in [0.5, 0.6) is 5.75 Å². The van der Waals surface area contributed by atoms with Crippen molar-refractivity contribution in [3.8, 4) is 5.75 Å². The Bertz CT molecular complexity index is 528. The molecule has 17 heavy (non-hydrogen) atoms. The van der Waals surface area contributed by atoms with Crippen molar-refractivity contribution >= 4 is 0 Å². The molecule has 0 saturated carbocycles. The van der Waals surface area contributed by atoms with Crippen LogP contribution in [0, 0.1) is 0 Å². The average Bonchev–Trinajstić information content (AvgIpc) is 2.86. The Morgan fingerprint density at radius 1 is 1.18 bits per heavy atom. The molecule has 0 spiro atoms. The molecule has 1 unspecified atom stereocenters. The summed E-state index contributed by atoms with van der Waals surface area (Å²) < 4.78 is 5.43. The highest BCUT2D eigenvalue weighted by Gasteiger charge is 2.16. The molecule has 2 aromatic rings. The monoisotopic (exact) mass is 228 g/mol. The summed E-state index contributed by atoms with van der Waals surface area (Å²) in [7, 11) is 0. The lowest BCUT2D eigenvalue weighted by atomic mass is 10.0. The minimum absolute atomic E-state index is 0.656. The van der Waals surface area contributed by atoms with Crippen LogP contribution < -0.4 is 4.74 Å². The third-order valence-electron chi connectivity index (χ3n) is 2.95. The summed E-state index contributed by atoms with van der Waals surface area (Å²) in [5.74, 6) is 0.925. The van der Waals surface area contributed by atoms with Crippen molar-refractivity contribution in [3.05, 3.63) is 53.3 Å². The van der Waals surface area contributed by atoms with Crippen LogP contribution in [0.4, 0.5) is 0 Å². The van der Waals surface area contributed by atoms with Crippen LogP contribution in [0.1, 0.15) is 22.8 Å². The summed E-state index contributed by atoms with van der Waals surface area (Å²) in [4.78, 5) is 0. The van der Waals surface area contributed by atoms with Gasteiger partial charge in [0.05, 0.1) is 12.8 Å². The maximum absolute atomic E-state index is 10.2. The molecule has 1 aliphatic heterocycles. The summed E-state index contributed by atoms with van der Waals surface area (Å²) in [5.41, 5.74) is 2.77. The fraction of sp³-hybridized carbons (Fsp3) is 0.231. The van der Waals surface area contributed by atoms with E-state index in [1.165, 1.54) is 0 Å². The Hall–Kier alpha value is -1.94. The van der Waals surface area contributed by atoms with Crippen molar-refractivity contribution < 1.29 is 9.84 Å². The van der Waals surface area contributed by atoms with Gasteiger partial charge in [-0.15, -0.1) is 0 Å². The van der Waals surface area contributed by atoms with Gasteiger partial charge in [0.15, 0.2) is 0 Å². The highest BCUT2D eigenvalue weighted by molar-refractivity contribution is 5.42. The van der Waals surface area contributed by atoms with E-state index in [0.717, 1.165) is 35.5 Å². The molecule has 4 nitrogen and oxygen atoms in total. The van der Waals surface area contributed by atoms with E-state index in [-0.39, 0.29) is 0 Å². The third-order valence-corrected chi connectivity index (χ3v) is 2.95. The second kappa shape index (κ2) is 4.14. The summed E-state index contributed by atoms with van der Waals surface area (Å²) >= 11 is 0. The van der Waals surface area contributed by atoms with E-state index in [4.69, 9.17) is 4.74 Å². The molecule has 0 fully saturated rings. The maximum Gasteiger partial charge on any atom is 0.122 e. The molecule has 1 N–H and O–H groups in total. The maximum atomic E-state index is 10.2. The third kappa shape index (κ3) is 1.87. The Morgan fingerprint density at radius 3 is 2.94 bits per heavy atom. The lowest BCUT2D eigenvalue weighted by molar-refractivity contribution is 0.219. The van der Waals surface area contributed by atoms with Gasteiger partial charge in [-0.2, -0.15) is 10.2 Å². The summed E-state index contributed by atoms with van der Waals surface area (Å²) in [6.07, 6.45) is 3.41. The second-order valence-corrected chi connectivity index (χ2v) is 4.04. The molecule has 1 atom stereocenters. The van der Waals surface area contributed by atoms with Crippen LogP contribution in [0.15, 0.2) is 36.7 Å². The predicted molar refractivity (Wildman–Crippen MR) is 61.7 cm³/mol. The standard InChI is InChI=1S/C13H12N2O2/c16-13(11-3-5-14-15-8-11)10-1-2-12-9(7-10)4-6-17-12/h1-3,5,7-8,13,16H,4,6H2. The second-order valence-electron chi connectivity index (χ2n) is 4.04. The highest BCUT2D eigenvalue weighted by Crippen LogP contribution is 2.30. The number of aliphatic hydroxyl groups is 1. The lowest BCUT2D eigenvalue weighted by Gasteiger charge is -2.11.